The zero-order valence-electron chi connectivity index (χ0n) is 20.3. The number of rotatable bonds is 6. The Morgan fingerprint density at radius 3 is 2.32 bits per heavy atom. The van der Waals surface area contributed by atoms with Gasteiger partial charge in [-0.1, -0.05) is 36.8 Å². The Hall–Kier alpha value is -4.00. The average molecular weight is 495 g/mol. The molecule has 3 aliphatic rings. The number of carbonyl (C=O) groups excluding carboxylic acids is 2. The molecule has 1 N–H and O–H groups in total. The van der Waals surface area contributed by atoms with Crippen molar-refractivity contribution >= 4 is 28.9 Å². The summed E-state index contributed by atoms with van der Waals surface area (Å²) >= 11 is 0. The highest BCUT2D eigenvalue weighted by Gasteiger charge is 2.70. The van der Waals surface area contributed by atoms with E-state index in [1.165, 1.54) is 12.1 Å². The quantitative estimate of drug-likeness (QED) is 0.369. The van der Waals surface area contributed by atoms with Gasteiger partial charge in [-0.05, 0) is 73.7 Å². The fourth-order valence-electron chi connectivity index (χ4n) is 6.89. The molecule has 0 unspecified atom stereocenters. The fraction of sp³-hybridized carbons (Fsp3) is 0.300. The number of aromatic nitrogens is 2. The van der Waals surface area contributed by atoms with E-state index >= 15 is 0 Å². The topological polar surface area (TPSA) is 67.2 Å². The van der Waals surface area contributed by atoms with Crippen LogP contribution in [0.15, 0.2) is 79.0 Å². The van der Waals surface area contributed by atoms with Crippen molar-refractivity contribution in [3.8, 4) is 5.69 Å². The number of nitrogens with zero attached hydrogens (tertiary/aromatic N) is 3. The number of halogens is 1. The highest BCUT2D eigenvalue weighted by Crippen LogP contribution is 2.67. The molecule has 7 rings (SSSR count). The molecule has 3 aromatic carbocycles. The second kappa shape index (κ2) is 8.00. The van der Waals surface area contributed by atoms with E-state index in [1.807, 2.05) is 41.3 Å². The zero-order valence-corrected chi connectivity index (χ0v) is 20.3. The lowest BCUT2D eigenvalue weighted by molar-refractivity contribution is -0.133. The van der Waals surface area contributed by atoms with E-state index in [1.54, 1.807) is 23.0 Å². The van der Waals surface area contributed by atoms with Crippen molar-refractivity contribution in [1.82, 2.24) is 15.1 Å². The lowest BCUT2D eigenvalue weighted by Crippen LogP contribution is -2.51. The van der Waals surface area contributed by atoms with Gasteiger partial charge in [-0.3, -0.25) is 9.59 Å². The maximum absolute atomic E-state index is 14.3. The van der Waals surface area contributed by atoms with E-state index in [9.17, 15) is 14.0 Å². The van der Waals surface area contributed by atoms with Gasteiger partial charge in [0.15, 0.2) is 0 Å². The van der Waals surface area contributed by atoms with Crippen LogP contribution in [0, 0.1) is 17.2 Å². The normalized spacial score (nSPS) is 23.3. The van der Waals surface area contributed by atoms with Crippen LogP contribution in [-0.4, -0.2) is 27.6 Å². The summed E-state index contributed by atoms with van der Waals surface area (Å²) in [6.07, 6.45) is 7.11. The lowest BCUT2D eigenvalue weighted by Gasteiger charge is -2.45. The Labute approximate surface area is 214 Å². The second-order valence-electron chi connectivity index (χ2n) is 10.7. The first-order valence-corrected chi connectivity index (χ1v) is 12.9. The maximum atomic E-state index is 14.3. The Morgan fingerprint density at radius 1 is 0.946 bits per heavy atom. The number of nitrogens with one attached hydrogen (secondary N) is 1. The lowest BCUT2D eigenvalue weighted by atomic mass is 9.57. The summed E-state index contributed by atoms with van der Waals surface area (Å²) in [6.45, 7) is 0. The van der Waals surface area contributed by atoms with Gasteiger partial charge in [-0.25, -0.2) is 9.07 Å². The molecule has 1 aliphatic heterocycles. The molecule has 2 aliphatic carbocycles. The van der Waals surface area contributed by atoms with Crippen molar-refractivity contribution in [2.75, 3.05) is 4.90 Å². The first kappa shape index (κ1) is 22.2. The molecule has 2 heterocycles. The van der Waals surface area contributed by atoms with Gasteiger partial charge in [0.05, 0.1) is 28.9 Å². The third kappa shape index (κ3) is 3.19. The van der Waals surface area contributed by atoms with Crippen LogP contribution >= 0.6 is 0 Å². The highest BCUT2D eigenvalue weighted by atomic mass is 19.1. The summed E-state index contributed by atoms with van der Waals surface area (Å²) in [5.41, 5.74) is 2.78. The largest absolute Gasteiger partial charge is 0.353 e. The van der Waals surface area contributed by atoms with Crippen LogP contribution in [0.4, 0.5) is 10.1 Å². The van der Waals surface area contributed by atoms with Crippen molar-refractivity contribution < 1.29 is 14.0 Å². The van der Waals surface area contributed by atoms with E-state index in [2.05, 4.69) is 22.5 Å². The smallest absolute Gasteiger partial charge is 0.234 e. The third-order valence-corrected chi connectivity index (χ3v) is 8.85. The predicted molar refractivity (Wildman–Crippen MR) is 139 cm³/mol. The van der Waals surface area contributed by atoms with Crippen LogP contribution in [0.25, 0.3) is 16.6 Å². The van der Waals surface area contributed by atoms with Gasteiger partial charge in [0.2, 0.25) is 12.3 Å². The standard InChI is InChI=1S/C30H27FN4O2/c31-22-7-9-23(10-8-22)35-25-12-11-24(17-21(25)18-33-35)34-26(20-5-2-1-3-6-20)27(30(15-16-30)32-19-36)29(28(34)37)13-4-14-29/h1-3,5-12,17-19,26-27H,4,13-16H2,(H,32,36)/t26-,27+/m0/s1. The van der Waals surface area contributed by atoms with E-state index in [0.717, 1.165) is 66.4 Å². The molecule has 1 spiro atoms. The molecule has 37 heavy (non-hydrogen) atoms. The van der Waals surface area contributed by atoms with Crippen molar-refractivity contribution in [3.63, 3.8) is 0 Å². The summed E-state index contributed by atoms with van der Waals surface area (Å²) in [6, 6.07) is 22.3. The van der Waals surface area contributed by atoms with Gasteiger partial charge < -0.3 is 10.2 Å². The van der Waals surface area contributed by atoms with Crippen LogP contribution in [-0.2, 0) is 9.59 Å². The molecule has 4 aromatic rings. The van der Waals surface area contributed by atoms with E-state index in [0.29, 0.717) is 0 Å². The molecule has 1 saturated heterocycles. The van der Waals surface area contributed by atoms with Crippen molar-refractivity contribution in [2.24, 2.45) is 11.3 Å². The third-order valence-electron chi connectivity index (χ3n) is 8.85. The number of hydrogen-bond acceptors (Lipinski definition) is 3. The molecule has 186 valence electrons. The minimum atomic E-state index is -0.458. The molecule has 2 saturated carbocycles. The SMILES string of the molecule is O=CNC1([C@@H]2[C@H](c3ccccc3)N(c3ccc4c(cnn4-c4ccc(F)cc4)c3)C(=O)C23CCC3)CC1. The molecular weight excluding hydrogens is 467 g/mol. The number of fused-ring (bicyclic) bond motifs is 1. The summed E-state index contributed by atoms with van der Waals surface area (Å²) in [4.78, 5) is 28.0. The average Bonchev–Trinajstić information content (AvgIpc) is 3.44. The number of carbonyl (C=O) groups is 2. The Kier molecular flexibility index (Phi) is 4.80. The van der Waals surface area contributed by atoms with Gasteiger partial charge in [0, 0.05) is 22.5 Å². The molecule has 6 nitrogen and oxygen atoms in total. The van der Waals surface area contributed by atoms with Gasteiger partial charge >= 0.3 is 0 Å². The highest BCUT2D eigenvalue weighted by molar-refractivity contribution is 6.03. The van der Waals surface area contributed by atoms with Crippen molar-refractivity contribution in [3.05, 3.63) is 90.4 Å². The summed E-state index contributed by atoms with van der Waals surface area (Å²) in [5, 5.41) is 8.59. The van der Waals surface area contributed by atoms with Crippen LogP contribution < -0.4 is 10.2 Å². The van der Waals surface area contributed by atoms with Gasteiger partial charge in [0.25, 0.3) is 0 Å². The summed E-state index contributed by atoms with van der Waals surface area (Å²) in [5.74, 6) is -0.132. The first-order chi connectivity index (χ1) is 18.1. The number of hydrogen-bond donors (Lipinski definition) is 1. The summed E-state index contributed by atoms with van der Waals surface area (Å²) in [7, 11) is 0. The molecule has 3 fully saturated rings. The first-order valence-electron chi connectivity index (χ1n) is 12.9. The number of anilines is 1. The Bertz CT molecular complexity index is 1510. The Balaban J connectivity index is 1.36. The molecule has 2 atom stereocenters. The van der Waals surface area contributed by atoms with Crippen LogP contribution in [0.2, 0.25) is 0 Å². The number of amides is 2. The van der Waals surface area contributed by atoms with E-state index < -0.39 is 5.41 Å². The minimum Gasteiger partial charge on any atom is -0.353 e. The Morgan fingerprint density at radius 2 is 1.68 bits per heavy atom. The fourth-order valence-corrected chi connectivity index (χ4v) is 6.89. The van der Waals surface area contributed by atoms with Crippen LogP contribution in [0.1, 0.15) is 43.7 Å². The van der Waals surface area contributed by atoms with Gasteiger partial charge in [-0.15, -0.1) is 0 Å². The van der Waals surface area contributed by atoms with E-state index in [4.69, 9.17) is 0 Å². The number of benzene rings is 3. The molecular formula is C30H27FN4O2. The van der Waals surface area contributed by atoms with Crippen LogP contribution in [0.3, 0.4) is 0 Å². The molecule has 0 bridgehead atoms. The van der Waals surface area contributed by atoms with Crippen molar-refractivity contribution in [2.45, 2.75) is 43.7 Å². The molecule has 7 heteroatoms. The van der Waals surface area contributed by atoms with Crippen molar-refractivity contribution in [1.29, 1.82) is 0 Å². The predicted octanol–water partition coefficient (Wildman–Crippen LogP) is 5.32. The van der Waals surface area contributed by atoms with E-state index in [-0.39, 0.29) is 29.2 Å². The summed E-state index contributed by atoms with van der Waals surface area (Å²) < 4.78 is 15.2. The monoisotopic (exact) mass is 494 g/mol. The second-order valence-corrected chi connectivity index (χ2v) is 10.7. The molecule has 0 radical (unpaired) electrons. The maximum Gasteiger partial charge on any atom is 0.234 e. The van der Waals surface area contributed by atoms with Gasteiger partial charge in [0.1, 0.15) is 5.82 Å². The minimum absolute atomic E-state index is 0.00600. The van der Waals surface area contributed by atoms with Gasteiger partial charge in [-0.2, -0.15) is 5.10 Å². The van der Waals surface area contributed by atoms with Crippen LogP contribution in [0.5, 0.6) is 0 Å². The molecule has 1 aromatic heterocycles. The zero-order chi connectivity index (χ0) is 25.2. The molecule has 2 amide bonds.